The van der Waals surface area contributed by atoms with E-state index in [0.717, 1.165) is 0 Å². The zero-order chi connectivity index (χ0) is 14.5. The van der Waals surface area contributed by atoms with Gasteiger partial charge in [0, 0.05) is 12.7 Å². The summed E-state index contributed by atoms with van der Waals surface area (Å²) >= 11 is 0. The lowest BCUT2D eigenvalue weighted by molar-refractivity contribution is -0.120. The van der Waals surface area contributed by atoms with Gasteiger partial charge in [-0.25, -0.2) is 0 Å². The highest BCUT2D eigenvalue weighted by Crippen LogP contribution is 2.09. The van der Waals surface area contributed by atoms with Crippen molar-refractivity contribution in [2.24, 2.45) is 0 Å². The number of nitrogens with zero attached hydrogens (tertiary/aromatic N) is 2. The molecule has 0 spiro atoms. The molecule has 0 radical (unpaired) electrons. The van der Waals surface area contributed by atoms with Crippen LogP contribution in [0.2, 0.25) is 0 Å². The number of benzene rings is 1. The van der Waals surface area contributed by atoms with Crippen LogP contribution in [0.3, 0.4) is 0 Å². The molecule has 6 nitrogen and oxygen atoms in total. The number of nitrogens with one attached hydrogen (secondary N) is 2. The SMILES string of the molecule is Cl.O=C(Nc1cnn(Cc2ccccc2)c1)C1COCCN1. The summed E-state index contributed by atoms with van der Waals surface area (Å²) in [5, 5.41) is 10.2. The second kappa shape index (κ2) is 7.93. The minimum atomic E-state index is -0.295. The lowest BCUT2D eigenvalue weighted by atomic mass is 10.2. The highest BCUT2D eigenvalue weighted by molar-refractivity contribution is 5.94. The maximum absolute atomic E-state index is 12.0. The lowest BCUT2D eigenvalue weighted by Crippen LogP contribution is -2.48. The molecule has 1 atom stereocenters. The third-order valence-electron chi connectivity index (χ3n) is 3.33. The molecule has 2 aromatic rings. The molecule has 1 aliphatic rings. The van der Waals surface area contributed by atoms with Crippen LogP contribution in [0.5, 0.6) is 0 Å². The topological polar surface area (TPSA) is 68.2 Å². The van der Waals surface area contributed by atoms with Crippen molar-refractivity contribution in [2.75, 3.05) is 25.1 Å². The zero-order valence-corrected chi connectivity index (χ0v) is 12.9. The molecular formula is C15H19ClN4O2. The van der Waals surface area contributed by atoms with E-state index in [1.165, 1.54) is 5.56 Å². The van der Waals surface area contributed by atoms with Gasteiger partial charge in [-0.15, -0.1) is 12.4 Å². The van der Waals surface area contributed by atoms with E-state index in [-0.39, 0.29) is 24.4 Å². The van der Waals surface area contributed by atoms with E-state index in [0.29, 0.717) is 32.0 Å². The standard InChI is InChI=1S/C15H18N4O2.ClH/c20-15(14-11-21-7-6-16-14)18-13-8-17-19(10-13)9-12-4-2-1-3-5-12;/h1-5,8,10,14,16H,6-7,9,11H2,(H,18,20);1H. The monoisotopic (exact) mass is 322 g/mol. The van der Waals surface area contributed by atoms with Crippen LogP contribution in [0.15, 0.2) is 42.7 Å². The summed E-state index contributed by atoms with van der Waals surface area (Å²) in [5.74, 6) is -0.0889. The van der Waals surface area contributed by atoms with Gasteiger partial charge in [0.25, 0.3) is 0 Å². The van der Waals surface area contributed by atoms with Crippen molar-refractivity contribution in [3.8, 4) is 0 Å². The molecule has 1 amide bonds. The molecule has 0 aliphatic carbocycles. The van der Waals surface area contributed by atoms with Crippen molar-refractivity contribution in [3.63, 3.8) is 0 Å². The second-order valence-corrected chi connectivity index (χ2v) is 4.98. The molecule has 1 fully saturated rings. The van der Waals surface area contributed by atoms with Gasteiger partial charge in [0.15, 0.2) is 0 Å². The van der Waals surface area contributed by atoms with E-state index in [2.05, 4.69) is 15.7 Å². The lowest BCUT2D eigenvalue weighted by Gasteiger charge is -2.22. The molecule has 2 heterocycles. The Balaban J connectivity index is 0.00000176. The number of halogens is 1. The predicted molar refractivity (Wildman–Crippen MR) is 86.3 cm³/mol. The summed E-state index contributed by atoms with van der Waals surface area (Å²) in [4.78, 5) is 12.0. The zero-order valence-electron chi connectivity index (χ0n) is 12.1. The Kier molecular flexibility index (Phi) is 5.94. The Morgan fingerprint density at radius 3 is 2.95 bits per heavy atom. The summed E-state index contributed by atoms with van der Waals surface area (Å²) in [6, 6.07) is 9.77. The van der Waals surface area contributed by atoms with Gasteiger partial charge in [-0.1, -0.05) is 30.3 Å². The van der Waals surface area contributed by atoms with Crippen LogP contribution in [0.1, 0.15) is 5.56 Å². The molecule has 0 bridgehead atoms. The molecule has 1 saturated heterocycles. The molecule has 22 heavy (non-hydrogen) atoms. The first kappa shape index (κ1) is 16.5. The van der Waals surface area contributed by atoms with E-state index >= 15 is 0 Å². The second-order valence-electron chi connectivity index (χ2n) is 4.98. The fraction of sp³-hybridized carbons (Fsp3) is 0.333. The smallest absolute Gasteiger partial charge is 0.243 e. The van der Waals surface area contributed by atoms with E-state index in [9.17, 15) is 4.79 Å². The van der Waals surface area contributed by atoms with Crippen molar-refractivity contribution in [3.05, 3.63) is 48.3 Å². The highest BCUT2D eigenvalue weighted by Gasteiger charge is 2.21. The summed E-state index contributed by atoms with van der Waals surface area (Å²) in [6.45, 7) is 2.44. The number of anilines is 1. The maximum atomic E-state index is 12.0. The Morgan fingerprint density at radius 1 is 1.41 bits per heavy atom. The molecule has 3 rings (SSSR count). The predicted octanol–water partition coefficient (Wildman–Crippen LogP) is 1.28. The van der Waals surface area contributed by atoms with Gasteiger partial charge < -0.3 is 15.4 Å². The number of hydrogen-bond donors (Lipinski definition) is 2. The van der Waals surface area contributed by atoms with Crippen LogP contribution >= 0.6 is 12.4 Å². The maximum Gasteiger partial charge on any atom is 0.243 e. The van der Waals surface area contributed by atoms with Crippen LogP contribution < -0.4 is 10.6 Å². The van der Waals surface area contributed by atoms with Gasteiger partial charge in [0.1, 0.15) is 6.04 Å². The number of carbonyl (C=O) groups is 1. The molecule has 7 heteroatoms. The van der Waals surface area contributed by atoms with Crippen molar-refractivity contribution in [1.29, 1.82) is 0 Å². The van der Waals surface area contributed by atoms with Gasteiger partial charge in [-0.05, 0) is 5.56 Å². The molecule has 1 aromatic heterocycles. The third-order valence-corrected chi connectivity index (χ3v) is 3.33. The molecule has 1 aromatic carbocycles. The van der Waals surface area contributed by atoms with Crippen LogP contribution in [-0.4, -0.2) is 41.5 Å². The van der Waals surface area contributed by atoms with Crippen molar-refractivity contribution >= 4 is 24.0 Å². The van der Waals surface area contributed by atoms with Gasteiger partial charge >= 0.3 is 0 Å². The van der Waals surface area contributed by atoms with Crippen LogP contribution in [0.4, 0.5) is 5.69 Å². The summed E-state index contributed by atoms with van der Waals surface area (Å²) in [5.41, 5.74) is 1.86. The number of aromatic nitrogens is 2. The molecule has 0 saturated carbocycles. The van der Waals surface area contributed by atoms with E-state index in [1.807, 2.05) is 36.5 Å². The first-order valence-corrected chi connectivity index (χ1v) is 6.99. The number of rotatable bonds is 4. The number of morpholine rings is 1. The van der Waals surface area contributed by atoms with Crippen molar-refractivity contribution < 1.29 is 9.53 Å². The molecule has 118 valence electrons. The summed E-state index contributed by atoms with van der Waals surface area (Å²) < 4.78 is 7.08. The molecule has 2 N–H and O–H groups in total. The van der Waals surface area contributed by atoms with Gasteiger partial charge in [0.2, 0.25) is 5.91 Å². The first-order chi connectivity index (χ1) is 10.3. The van der Waals surface area contributed by atoms with Crippen LogP contribution in [-0.2, 0) is 16.1 Å². The minimum absolute atomic E-state index is 0. The van der Waals surface area contributed by atoms with Gasteiger partial charge in [0.05, 0.1) is 31.6 Å². The summed E-state index contributed by atoms with van der Waals surface area (Å²) in [7, 11) is 0. The van der Waals surface area contributed by atoms with Crippen LogP contribution in [0, 0.1) is 0 Å². The third kappa shape index (κ3) is 4.30. The normalized spacial score (nSPS) is 17.5. The Morgan fingerprint density at radius 2 is 2.23 bits per heavy atom. The van der Waals surface area contributed by atoms with Gasteiger partial charge in [-0.2, -0.15) is 5.10 Å². The quantitative estimate of drug-likeness (QED) is 0.890. The Hall–Kier alpha value is -1.89. The fourth-order valence-electron chi connectivity index (χ4n) is 2.25. The van der Waals surface area contributed by atoms with E-state index < -0.39 is 0 Å². The number of amides is 1. The van der Waals surface area contributed by atoms with E-state index in [4.69, 9.17) is 4.74 Å². The van der Waals surface area contributed by atoms with Gasteiger partial charge in [-0.3, -0.25) is 9.48 Å². The number of hydrogen-bond acceptors (Lipinski definition) is 4. The minimum Gasteiger partial charge on any atom is -0.378 e. The number of ether oxygens (including phenoxy) is 1. The molecule has 1 unspecified atom stereocenters. The fourth-order valence-corrected chi connectivity index (χ4v) is 2.25. The molecule has 1 aliphatic heterocycles. The highest BCUT2D eigenvalue weighted by atomic mass is 35.5. The van der Waals surface area contributed by atoms with Crippen LogP contribution in [0.25, 0.3) is 0 Å². The first-order valence-electron chi connectivity index (χ1n) is 6.99. The van der Waals surface area contributed by atoms with Crippen molar-refractivity contribution in [1.82, 2.24) is 15.1 Å². The largest absolute Gasteiger partial charge is 0.378 e. The average molecular weight is 323 g/mol. The Labute approximate surface area is 135 Å². The average Bonchev–Trinajstić information content (AvgIpc) is 2.96. The van der Waals surface area contributed by atoms with E-state index in [1.54, 1.807) is 10.9 Å². The Bertz CT molecular complexity index is 597. The number of carbonyl (C=O) groups excluding carboxylic acids is 1. The summed E-state index contributed by atoms with van der Waals surface area (Å²) in [6.07, 6.45) is 3.49. The van der Waals surface area contributed by atoms with Crippen molar-refractivity contribution in [2.45, 2.75) is 12.6 Å². The molecular weight excluding hydrogens is 304 g/mol.